The smallest absolute Gasteiger partial charge is 0.292 e. The molecule has 0 unspecified atom stereocenters. The van der Waals surface area contributed by atoms with Crippen molar-refractivity contribution in [3.05, 3.63) is 35.4 Å². The number of carbonyl (C=O) groups excluding carboxylic acids is 2. The normalized spacial score (nSPS) is 25.1. The molecule has 3 atom stereocenters. The van der Waals surface area contributed by atoms with E-state index in [1.165, 1.54) is 0 Å². The highest BCUT2D eigenvalue weighted by Crippen LogP contribution is 2.43. The van der Waals surface area contributed by atoms with Crippen LogP contribution in [0.1, 0.15) is 53.5 Å². The third-order valence-corrected chi connectivity index (χ3v) is 6.48. The summed E-state index contributed by atoms with van der Waals surface area (Å²) in [7, 11) is 0. The molecule has 9 nitrogen and oxygen atoms in total. The Bertz CT molecular complexity index is 939. The van der Waals surface area contributed by atoms with Crippen molar-refractivity contribution < 1.29 is 9.59 Å². The van der Waals surface area contributed by atoms with E-state index in [2.05, 4.69) is 25.5 Å². The summed E-state index contributed by atoms with van der Waals surface area (Å²) < 4.78 is 1.96. The van der Waals surface area contributed by atoms with Crippen LogP contribution in [0.15, 0.2) is 12.4 Å². The van der Waals surface area contributed by atoms with E-state index in [4.69, 9.17) is 0 Å². The second-order valence-corrected chi connectivity index (χ2v) is 8.30. The number of amides is 2. The van der Waals surface area contributed by atoms with E-state index < -0.39 is 0 Å². The number of hydrogen-bond donors (Lipinski definition) is 1. The highest BCUT2D eigenvalue weighted by molar-refractivity contribution is 5.92. The molecule has 1 saturated heterocycles. The molecule has 2 aromatic rings. The molecule has 1 saturated carbocycles. The average Bonchev–Trinajstić information content (AvgIpc) is 3.45. The predicted molar refractivity (Wildman–Crippen MR) is 103 cm³/mol. The van der Waals surface area contributed by atoms with Crippen LogP contribution >= 0.6 is 0 Å². The third-order valence-electron chi connectivity index (χ3n) is 6.48. The molecular weight excluding hydrogens is 370 g/mol. The number of aromatic nitrogens is 5. The monoisotopic (exact) mass is 395 g/mol. The van der Waals surface area contributed by atoms with Gasteiger partial charge in [-0.15, -0.1) is 10.2 Å². The van der Waals surface area contributed by atoms with E-state index >= 15 is 0 Å². The van der Waals surface area contributed by atoms with Gasteiger partial charge in [0.1, 0.15) is 5.82 Å². The maximum Gasteiger partial charge on any atom is 0.292 e. The lowest BCUT2D eigenvalue weighted by molar-refractivity contribution is -0.126. The summed E-state index contributed by atoms with van der Waals surface area (Å²) >= 11 is 0. The van der Waals surface area contributed by atoms with Crippen LogP contribution in [0.2, 0.25) is 0 Å². The first kappa shape index (κ1) is 18.2. The van der Waals surface area contributed by atoms with E-state index in [9.17, 15) is 9.59 Å². The van der Waals surface area contributed by atoms with Crippen molar-refractivity contribution in [2.75, 3.05) is 6.54 Å². The predicted octanol–water partition coefficient (Wildman–Crippen LogP) is 0.880. The van der Waals surface area contributed by atoms with Crippen molar-refractivity contribution in [1.82, 2.24) is 34.9 Å². The molecule has 3 aliphatic rings. The standard InChI is InChI=1S/C20H25N7O2/c1-12-8-22-14(9-21-12)10-23-19(28)17-13-5-6-15(17)27(11-13)20(29)18-25-24-16-4-2-3-7-26(16)18/h8-9,13,15,17H,2-7,10-11H2,1H3,(H,23,28)/t13-,15-,17+/m0/s1. The van der Waals surface area contributed by atoms with Gasteiger partial charge >= 0.3 is 0 Å². The molecule has 2 amide bonds. The fourth-order valence-corrected chi connectivity index (χ4v) is 5.02. The topological polar surface area (TPSA) is 106 Å². The summed E-state index contributed by atoms with van der Waals surface area (Å²) in [6.45, 7) is 3.65. The van der Waals surface area contributed by atoms with E-state index in [1.54, 1.807) is 12.4 Å². The Kier molecular flexibility index (Phi) is 4.52. The number of piperidine rings is 1. The molecule has 2 fully saturated rings. The Labute approximate surface area is 168 Å². The minimum Gasteiger partial charge on any atom is -0.350 e. The summed E-state index contributed by atoms with van der Waals surface area (Å²) in [6.07, 6.45) is 8.23. The second kappa shape index (κ2) is 7.20. The fourth-order valence-electron chi connectivity index (χ4n) is 5.02. The molecule has 29 heavy (non-hydrogen) atoms. The zero-order chi connectivity index (χ0) is 20.0. The average molecular weight is 395 g/mol. The molecule has 9 heteroatoms. The summed E-state index contributed by atoms with van der Waals surface area (Å²) in [5.74, 6) is 1.29. The Hall–Kier alpha value is -2.84. The van der Waals surface area contributed by atoms with Crippen LogP contribution in [0.3, 0.4) is 0 Å². The number of hydrogen-bond acceptors (Lipinski definition) is 6. The van der Waals surface area contributed by atoms with Crippen molar-refractivity contribution >= 4 is 11.8 Å². The van der Waals surface area contributed by atoms with E-state index in [0.29, 0.717) is 18.9 Å². The van der Waals surface area contributed by atoms with Crippen LogP contribution in [0.25, 0.3) is 0 Å². The van der Waals surface area contributed by atoms with Gasteiger partial charge in [0.2, 0.25) is 11.7 Å². The van der Waals surface area contributed by atoms with Gasteiger partial charge < -0.3 is 14.8 Å². The number of rotatable bonds is 4. The van der Waals surface area contributed by atoms with Gasteiger partial charge in [-0.05, 0) is 38.5 Å². The maximum absolute atomic E-state index is 13.2. The molecule has 5 rings (SSSR count). The SMILES string of the molecule is Cc1cnc(CNC(=O)[C@@H]2[C@H]3CC[C@@H]2N(C(=O)c2nnc4n2CCCC4)C3)cn1. The molecule has 2 bridgehead atoms. The van der Waals surface area contributed by atoms with Gasteiger partial charge in [-0.2, -0.15) is 0 Å². The van der Waals surface area contributed by atoms with Gasteiger partial charge in [0, 0.05) is 31.7 Å². The van der Waals surface area contributed by atoms with E-state index in [-0.39, 0.29) is 29.7 Å². The lowest BCUT2D eigenvalue weighted by Crippen LogP contribution is -2.42. The van der Waals surface area contributed by atoms with Crippen molar-refractivity contribution in [2.24, 2.45) is 11.8 Å². The minimum absolute atomic E-state index is 0.00144. The molecule has 0 aromatic carbocycles. The van der Waals surface area contributed by atoms with Gasteiger partial charge in [0.05, 0.1) is 30.0 Å². The number of carbonyl (C=O) groups is 2. The molecular formula is C20H25N7O2. The lowest BCUT2D eigenvalue weighted by atomic mass is 9.97. The molecule has 1 aliphatic carbocycles. The van der Waals surface area contributed by atoms with Crippen LogP contribution in [0.4, 0.5) is 0 Å². The Balaban J connectivity index is 1.28. The van der Waals surface area contributed by atoms with Gasteiger partial charge in [-0.3, -0.25) is 19.6 Å². The van der Waals surface area contributed by atoms with Crippen LogP contribution in [-0.4, -0.2) is 54.0 Å². The molecule has 2 aliphatic heterocycles. The van der Waals surface area contributed by atoms with Crippen molar-refractivity contribution in [1.29, 1.82) is 0 Å². The van der Waals surface area contributed by atoms with Crippen molar-refractivity contribution in [2.45, 2.75) is 58.2 Å². The first-order valence-corrected chi connectivity index (χ1v) is 10.4. The van der Waals surface area contributed by atoms with Gasteiger partial charge in [0.25, 0.3) is 5.91 Å². The molecule has 4 heterocycles. The summed E-state index contributed by atoms with van der Waals surface area (Å²) in [5.41, 5.74) is 1.58. The summed E-state index contributed by atoms with van der Waals surface area (Å²) in [4.78, 5) is 36.5. The zero-order valence-electron chi connectivity index (χ0n) is 16.5. The molecule has 0 radical (unpaired) electrons. The van der Waals surface area contributed by atoms with E-state index in [1.807, 2.05) is 16.4 Å². The first-order valence-electron chi connectivity index (χ1n) is 10.4. The molecule has 1 N–H and O–H groups in total. The fraction of sp³-hybridized carbons (Fsp3) is 0.600. The highest BCUT2D eigenvalue weighted by Gasteiger charge is 2.52. The second-order valence-electron chi connectivity index (χ2n) is 8.30. The highest BCUT2D eigenvalue weighted by atomic mass is 16.2. The summed E-state index contributed by atoms with van der Waals surface area (Å²) in [6, 6.07) is -0.0619. The summed E-state index contributed by atoms with van der Waals surface area (Å²) in [5, 5.41) is 11.4. The van der Waals surface area contributed by atoms with Crippen molar-refractivity contribution in [3.63, 3.8) is 0 Å². The first-order chi connectivity index (χ1) is 14.1. The van der Waals surface area contributed by atoms with Crippen LogP contribution in [0, 0.1) is 18.8 Å². The Morgan fingerprint density at radius 3 is 2.90 bits per heavy atom. The number of fused-ring (bicyclic) bond motifs is 3. The number of likely N-dealkylation sites (tertiary alicyclic amines) is 1. The van der Waals surface area contributed by atoms with Crippen LogP contribution < -0.4 is 5.32 Å². The largest absolute Gasteiger partial charge is 0.350 e. The minimum atomic E-state index is -0.166. The molecule has 0 spiro atoms. The van der Waals surface area contributed by atoms with Crippen LogP contribution in [-0.2, 0) is 24.3 Å². The number of aryl methyl sites for hydroxylation is 2. The van der Waals surface area contributed by atoms with E-state index in [0.717, 1.165) is 55.9 Å². The van der Waals surface area contributed by atoms with Gasteiger partial charge in [-0.1, -0.05) is 0 Å². The zero-order valence-corrected chi connectivity index (χ0v) is 16.5. The number of nitrogens with zero attached hydrogens (tertiary/aromatic N) is 6. The third kappa shape index (κ3) is 3.18. The lowest BCUT2D eigenvalue weighted by Gasteiger charge is -2.27. The maximum atomic E-state index is 13.2. The Morgan fingerprint density at radius 1 is 1.17 bits per heavy atom. The van der Waals surface area contributed by atoms with Crippen LogP contribution in [0.5, 0.6) is 0 Å². The quantitative estimate of drug-likeness (QED) is 0.824. The number of nitrogens with one attached hydrogen (secondary N) is 1. The van der Waals surface area contributed by atoms with Crippen molar-refractivity contribution in [3.8, 4) is 0 Å². The Morgan fingerprint density at radius 2 is 2.07 bits per heavy atom. The molecule has 152 valence electrons. The van der Waals surface area contributed by atoms with Gasteiger partial charge in [0.15, 0.2) is 0 Å². The van der Waals surface area contributed by atoms with Gasteiger partial charge in [-0.25, -0.2) is 0 Å². The molecule has 2 aromatic heterocycles.